The molecule has 1 aromatic heterocycles. The average Bonchev–Trinajstić information content (AvgIpc) is 2.81. The first-order valence-electron chi connectivity index (χ1n) is 5.43. The van der Waals surface area contributed by atoms with Crippen molar-refractivity contribution in [2.75, 3.05) is 5.73 Å². The molecule has 0 radical (unpaired) electrons. The van der Waals surface area contributed by atoms with Gasteiger partial charge >= 0.3 is 0 Å². The summed E-state index contributed by atoms with van der Waals surface area (Å²) in [6.07, 6.45) is 0. The van der Waals surface area contributed by atoms with Crippen molar-refractivity contribution in [3.8, 4) is 17.5 Å². The normalized spacial score (nSPS) is 10.4. The highest BCUT2D eigenvalue weighted by Crippen LogP contribution is 2.25. The van der Waals surface area contributed by atoms with Crippen LogP contribution in [0.15, 0.2) is 46.9 Å². The first-order chi connectivity index (χ1) is 8.76. The Balaban J connectivity index is 2.10. The van der Waals surface area contributed by atoms with Crippen LogP contribution >= 0.6 is 0 Å². The molecule has 0 aliphatic rings. The Morgan fingerprint density at radius 2 is 1.89 bits per heavy atom. The van der Waals surface area contributed by atoms with Gasteiger partial charge in [0.2, 0.25) is 5.89 Å². The minimum atomic E-state index is 0.528. The summed E-state index contributed by atoms with van der Waals surface area (Å²) in [6, 6.07) is 14.5. The lowest BCUT2D eigenvalue weighted by atomic mass is 10.1. The molecule has 0 fully saturated rings. The van der Waals surface area contributed by atoms with Gasteiger partial charge in [-0.15, -0.1) is 0 Å². The van der Waals surface area contributed by atoms with Crippen molar-refractivity contribution in [3.63, 3.8) is 0 Å². The zero-order chi connectivity index (χ0) is 12.5. The molecule has 2 aromatic carbocycles. The fourth-order valence-electron chi connectivity index (χ4n) is 1.76. The molecule has 3 rings (SSSR count). The molecule has 0 atom stereocenters. The molecule has 3 aromatic rings. The predicted octanol–water partition coefficient (Wildman–Crippen LogP) is 2.95. The molecule has 2 N–H and O–H groups in total. The van der Waals surface area contributed by atoms with Crippen LogP contribution in [0.1, 0.15) is 5.56 Å². The van der Waals surface area contributed by atoms with Crippen molar-refractivity contribution < 1.29 is 4.42 Å². The highest BCUT2D eigenvalue weighted by molar-refractivity contribution is 5.79. The summed E-state index contributed by atoms with van der Waals surface area (Å²) < 4.78 is 5.63. The minimum absolute atomic E-state index is 0.528. The van der Waals surface area contributed by atoms with Gasteiger partial charge in [-0.25, -0.2) is 4.98 Å². The largest absolute Gasteiger partial charge is 0.436 e. The van der Waals surface area contributed by atoms with E-state index in [1.165, 1.54) is 0 Å². The molecule has 4 heteroatoms. The van der Waals surface area contributed by atoms with E-state index in [9.17, 15) is 0 Å². The van der Waals surface area contributed by atoms with Gasteiger partial charge in [0, 0.05) is 11.3 Å². The van der Waals surface area contributed by atoms with Gasteiger partial charge < -0.3 is 10.2 Å². The summed E-state index contributed by atoms with van der Waals surface area (Å²) >= 11 is 0. The fourth-order valence-corrected chi connectivity index (χ4v) is 1.76. The van der Waals surface area contributed by atoms with Crippen LogP contribution in [0.2, 0.25) is 0 Å². The lowest BCUT2D eigenvalue weighted by molar-refractivity contribution is 0.620. The van der Waals surface area contributed by atoms with Gasteiger partial charge in [0.1, 0.15) is 5.52 Å². The maximum Gasteiger partial charge on any atom is 0.227 e. The van der Waals surface area contributed by atoms with E-state index in [0.29, 0.717) is 22.7 Å². The number of nitrogen functional groups attached to an aromatic ring is 1. The lowest BCUT2D eigenvalue weighted by Crippen LogP contribution is -1.82. The van der Waals surface area contributed by atoms with Crippen LogP contribution in [0.5, 0.6) is 0 Å². The Kier molecular flexibility index (Phi) is 2.24. The molecule has 4 nitrogen and oxygen atoms in total. The maximum atomic E-state index is 8.74. The topological polar surface area (TPSA) is 75.8 Å². The van der Waals surface area contributed by atoms with Crippen molar-refractivity contribution >= 4 is 16.8 Å². The third kappa shape index (κ3) is 1.68. The maximum absolute atomic E-state index is 8.74. The van der Waals surface area contributed by atoms with Crippen LogP contribution in [-0.2, 0) is 0 Å². The second kappa shape index (κ2) is 3.90. The van der Waals surface area contributed by atoms with Crippen molar-refractivity contribution in [2.45, 2.75) is 0 Å². The van der Waals surface area contributed by atoms with Gasteiger partial charge in [-0.2, -0.15) is 5.26 Å². The van der Waals surface area contributed by atoms with Crippen molar-refractivity contribution in [3.05, 3.63) is 48.0 Å². The molecule has 0 aliphatic heterocycles. The molecular weight excluding hydrogens is 226 g/mol. The second-order valence-electron chi connectivity index (χ2n) is 3.94. The Morgan fingerprint density at radius 3 is 2.61 bits per heavy atom. The zero-order valence-corrected chi connectivity index (χ0v) is 9.42. The summed E-state index contributed by atoms with van der Waals surface area (Å²) in [7, 11) is 0. The summed E-state index contributed by atoms with van der Waals surface area (Å²) in [5.74, 6) is 0.528. The Hall–Kier alpha value is -2.80. The molecule has 86 valence electrons. The van der Waals surface area contributed by atoms with Gasteiger partial charge in [-0.3, -0.25) is 0 Å². The quantitative estimate of drug-likeness (QED) is 0.658. The molecule has 0 amide bonds. The highest BCUT2D eigenvalue weighted by Gasteiger charge is 2.08. The second-order valence-corrected chi connectivity index (χ2v) is 3.94. The standard InChI is InChI=1S/C14H9N3O/c15-8-9-1-3-10(4-2-9)14-17-12-7-11(16)5-6-13(12)18-14/h1-7H,16H2. The first-order valence-corrected chi connectivity index (χ1v) is 5.43. The fraction of sp³-hybridized carbons (Fsp3) is 0. The first kappa shape index (κ1) is 10.4. The third-order valence-electron chi connectivity index (χ3n) is 2.67. The number of nitriles is 1. The van der Waals surface area contributed by atoms with Crippen molar-refractivity contribution in [1.82, 2.24) is 4.98 Å². The number of oxazole rings is 1. The SMILES string of the molecule is N#Cc1ccc(-c2nc3cc(N)ccc3o2)cc1. The molecule has 18 heavy (non-hydrogen) atoms. The lowest BCUT2D eigenvalue weighted by Gasteiger charge is -1.93. The molecule has 0 aliphatic carbocycles. The summed E-state index contributed by atoms with van der Waals surface area (Å²) in [4.78, 5) is 4.37. The smallest absolute Gasteiger partial charge is 0.227 e. The molecule has 0 saturated carbocycles. The van der Waals surface area contributed by atoms with Gasteiger partial charge in [0.25, 0.3) is 0 Å². The number of nitrogens with zero attached hydrogens (tertiary/aromatic N) is 2. The number of benzene rings is 2. The van der Waals surface area contributed by atoms with Crippen molar-refractivity contribution in [2.24, 2.45) is 0 Å². The number of nitrogens with two attached hydrogens (primary N) is 1. The van der Waals surface area contributed by atoms with Crippen LogP contribution in [-0.4, -0.2) is 4.98 Å². The van der Waals surface area contributed by atoms with Crippen LogP contribution in [0.3, 0.4) is 0 Å². The number of anilines is 1. The van der Waals surface area contributed by atoms with E-state index < -0.39 is 0 Å². The van der Waals surface area contributed by atoms with E-state index in [4.69, 9.17) is 15.4 Å². The van der Waals surface area contributed by atoms with E-state index >= 15 is 0 Å². The predicted molar refractivity (Wildman–Crippen MR) is 68.6 cm³/mol. The molecule has 0 unspecified atom stereocenters. The monoisotopic (exact) mass is 235 g/mol. The number of fused-ring (bicyclic) bond motifs is 1. The summed E-state index contributed by atoms with van der Waals surface area (Å²) in [5.41, 5.74) is 9.22. The Bertz CT molecular complexity index is 751. The van der Waals surface area contributed by atoms with Crippen LogP contribution in [0.25, 0.3) is 22.6 Å². The van der Waals surface area contributed by atoms with Gasteiger partial charge in [-0.1, -0.05) is 0 Å². The van der Waals surface area contributed by atoms with E-state index in [1.807, 2.05) is 12.1 Å². The highest BCUT2D eigenvalue weighted by atomic mass is 16.3. The Labute approximate surface area is 103 Å². The van der Waals surface area contributed by atoms with Gasteiger partial charge in [-0.05, 0) is 42.5 Å². The molecule has 0 spiro atoms. The number of hydrogen-bond donors (Lipinski definition) is 1. The van der Waals surface area contributed by atoms with Crippen LogP contribution < -0.4 is 5.73 Å². The van der Waals surface area contributed by atoms with Gasteiger partial charge in [0.05, 0.1) is 11.6 Å². The number of hydrogen-bond acceptors (Lipinski definition) is 4. The zero-order valence-electron chi connectivity index (χ0n) is 9.42. The van der Waals surface area contributed by atoms with E-state index in [2.05, 4.69) is 11.1 Å². The van der Waals surface area contributed by atoms with Crippen LogP contribution in [0.4, 0.5) is 5.69 Å². The van der Waals surface area contributed by atoms with E-state index in [1.54, 1.807) is 30.3 Å². The molecule has 1 heterocycles. The molecule has 0 bridgehead atoms. The summed E-state index contributed by atoms with van der Waals surface area (Å²) in [6.45, 7) is 0. The van der Waals surface area contributed by atoms with Crippen LogP contribution in [0, 0.1) is 11.3 Å². The van der Waals surface area contributed by atoms with Crippen molar-refractivity contribution in [1.29, 1.82) is 5.26 Å². The Morgan fingerprint density at radius 1 is 1.11 bits per heavy atom. The van der Waals surface area contributed by atoms with Gasteiger partial charge in [0.15, 0.2) is 5.58 Å². The number of aromatic nitrogens is 1. The third-order valence-corrected chi connectivity index (χ3v) is 2.67. The minimum Gasteiger partial charge on any atom is -0.436 e. The summed E-state index contributed by atoms with van der Waals surface area (Å²) in [5, 5.41) is 8.74. The molecular formula is C14H9N3O. The van der Waals surface area contributed by atoms with E-state index in [-0.39, 0.29) is 0 Å². The number of rotatable bonds is 1. The van der Waals surface area contributed by atoms with E-state index in [0.717, 1.165) is 11.1 Å². The molecule has 0 saturated heterocycles. The average molecular weight is 235 g/mol.